The fourth-order valence-corrected chi connectivity index (χ4v) is 1.45. The van der Waals surface area contributed by atoms with Gasteiger partial charge in [0.1, 0.15) is 5.75 Å². The van der Waals surface area contributed by atoms with Gasteiger partial charge in [0.15, 0.2) is 0 Å². The summed E-state index contributed by atoms with van der Waals surface area (Å²) in [6, 6.07) is 5.11. The largest absolute Gasteiger partial charge is 0.573 e. The van der Waals surface area contributed by atoms with E-state index >= 15 is 0 Å². The number of nitrogens with one attached hydrogen (secondary N) is 1. The predicted octanol–water partition coefficient (Wildman–Crippen LogP) is 2.90. The molecule has 0 heterocycles. The minimum atomic E-state index is -4.77. The number of halogens is 3. The number of amides is 1. The number of carbonyl (C=O) groups excluding carboxylic acids is 1. The number of carbonyl (C=O) groups is 1. The average molecular weight is 290 g/mol. The highest BCUT2D eigenvalue weighted by atomic mass is 19.4. The van der Waals surface area contributed by atoms with Crippen LogP contribution in [0.1, 0.15) is 20.3 Å². The van der Waals surface area contributed by atoms with E-state index in [-0.39, 0.29) is 23.9 Å². The number of hydrogen-bond acceptors (Lipinski definition) is 3. The molecule has 112 valence electrons. The molecule has 4 nitrogen and oxygen atoms in total. The van der Waals surface area contributed by atoms with Gasteiger partial charge in [-0.25, -0.2) is 0 Å². The van der Waals surface area contributed by atoms with Crippen LogP contribution in [0.25, 0.3) is 0 Å². The summed E-state index contributed by atoms with van der Waals surface area (Å²) in [5.41, 5.74) is 5.01. The number of alkyl halides is 3. The Balaban J connectivity index is 2.84. The Kier molecular flexibility index (Phi) is 4.99. The molecule has 20 heavy (non-hydrogen) atoms. The molecule has 7 heteroatoms. The number of nitrogens with two attached hydrogens (primary N) is 1. The molecule has 0 spiro atoms. The summed E-state index contributed by atoms with van der Waals surface area (Å²) in [6.07, 6.45) is -4.24. The van der Waals surface area contributed by atoms with Gasteiger partial charge < -0.3 is 15.8 Å². The second-order valence-electron chi connectivity index (χ2n) is 4.65. The van der Waals surface area contributed by atoms with E-state index in [9.17, 15) is 18.0 Å². The van der Waals surface area contributed by atoms with Gasteiger partial charge in [-0.05, 0) is 25.5 Å². The van der Waals surface area contributed by atoms with Gasteiger partial charge in [0.2, 0.25) is 5.91 Å². The lowest BCUT2D eigenvalue weighted by atomic mass is 9.86. The third-order valence-electron chi connectivity index (χ3n) is 3.10. The molecule has 1 unspecified atom stereocenters. The summed E-state index contributed by atoms with van der Waals surface area (Å²) >= 11 is 0. The van der Waals surface area contributed by atoms with Crippen LogP contribution in [-0.4, -0.2) is 18.8 Å². The van der Waals surface area contributed by atoms with Crippen LogP contribution in [0.4, 0.5) is 18.9 Å². The Morgan fingerprint density at radius 2 is 2.05 bits per heavy atom. The van der Waals surface area contributed by atoms with Crippen molar-refractivity contribution in [2.24, 2.45) is 11.1 Å². The lowest BCUT2D eigenvalue weighted by Gasteiger charge is -2.25. The molecule has 3 N–H and O–H groups in total. The van der Waals surface area contributed by atoms with E-state index in [4.69, 9.17) is 5.73 Å². The number of rotatable bonds is 5. The lowest BCUT2D eigenvalue weighted by Crippen LogP contribution is -2.39. The third-order valence-corrected chi connectivity index (χ3v) is 3.10. The minimum Gasteiger partial charge on any atom is -0.406 e. The molecule has 0 aliphatic carbocycles. The van der Waals surface area contributed by atoms with E-state index in [1.54, 1.807) is 6.92 Å². The van der Waals surface area contributed by atoms with Crippen molar-refractivity contribution in [2.75, 3.05) is 11.9 Å². The normalized spacial score (nSPS) is 14.5. The van der Waals surface area contributed by atoms with Gasteiger partial charge in [-0.3, -0.25) is 4.79 Å². The molecule has 1 atom stereocenters. The maximum Gasteiger partial charge on any atom is 0.573 e. The first-order chi connectivity index (χ1) is 9.20. The summed E-state index contributed by atoms with van der Waals surface area (Å²) in [6.45, 7) is 3.65. The average Bonchev–Trinajstić information content (AvgIpc) is 2.36. The van der Waals surface area contributed by atoms with Gasteiger partial charge in [-0.1, -0.05) is 13.0 Å². The van der Waals surface area contributed by atoms with E-state index in [2.05, 4.69) is 10.1 Å². The summed E-state index contributed by atoms with van der Waals surface area (Å²) in [4.78, 5) is 12.0. The van der Waals surface area contributed by atoms with Gasteiger partial charge >= 0.3 is 6.36 Å². The van der Waals surface area contributed by atoms with Crippen LogP contribution in [0.15, 0.2) is 24.3 Å². The fraction of sp³-hybridized carbons (Fsp3) is 0.462. The molecular formula is C13H17F3N2O2. The Bertz CT molecular complexity index is 471. The summed E-state index contributed by atoms with van der Waals surface area (Å²) in [5.74, 6) is -0.729. The van der Waals surface area contributed by atoms with Crippen molar-refractivity contribution in [3.05, 3.63) is 24.3 Å². The molecule has 1 aromatic rings. The SMILES string of the molecule is CCC(C)(CN)C(=O)Nc1cccc(OC(F)(F)F)c1. The van der Waals surface area contributed by atoms with Crippen molar-refractivity contribution in [1.29, 1.82) is 0 Å². The molecule has 0 aliphatic heterocycles. The summed E-state index contributed by atoms with van der Waals surface area (Å²) < 4.78 is 40.1. The Hall–Kier alpha value is -1.76. The van der Waals surface area contributed by atoms with Crippen LogP contribution in [0.5, 0.6) is 5.75 Å². The van der Waals surface area contributed by atoms with E-state index < -0.39 is 11.8 Å². The smallest absolute Gasteiger partial charge is 0.406 e. The van der Waals surface area contributed by atoms with E-state index in [0.717, 1.165) is 12.1 Å². The zero-order valence-electron chi connectivity index (χ0n) is 11.3. The van der Waals surface area contributed by atoms with Crippen molar-refractivity contribution >= 4 is 11.6 Å². The van der Waals surface area contributed by atoms with Crippen LogP contribution >= 0.6 is 0 Å². The maximum atomic E-state index is 12.1. The molecule has 0 saturated heterocycles. The number of hydrogen-bond donors (Lipinski definition) is 2. The van der Waals surface area contributed by atoms with Crippen molar-refractivity contribution in [3.63, 3.8) is 0 Å². The zero-order valence-corrected chi connectivity index (χ0v) is 11.3. The lowest BCUT2D eigenvalue weighted by molar-refractivity contribution is -0.274. The molecule has 1 amide bonds. The topological polar surface area (TPSA) is 64.4 Å². The third kappa shape index (κ3) is 4.41. The fourth-order valence-electron chi connectivity index (χ4n) is 1.45. The second kappa shape index (κ2) is 6.13. The molecule has 0 aliphatic rings. The number of benzene rings is 1. The Labute approximate surface area is 115 Å². The first kappa shape index (κ1) is 16.3. The van der Waals surface area contributed by atoms with Crippen LogP contribution in [-0.2, 0) is 4.79 Å². The second-order valence-corrected chi connectivity index (χ2v) is 4.65. The van der Waals surface area contributed by atoms with Crippen molar-refractivity contribution in [2.45, 2.75) is 26.6 Å². The van der Waals surface area contributed by atoms with Gasteiger partial charge in [0, 0.05) is 18.3 Å². The minimum absolute atomic E-state index is 0.147. The Morgan fingerprint density at radius 1 is 1.40 bits per heavy atom. The van der Waals surface area contributed by atoms with Crippen LogP contribution in [0, 0.1) is 5.41 Å². The first-order valence-corrected chi connectivity index (χ1v) is 6.07. The van der Waals surface area contributed by atoms with Gasteiger partial charge in [-0.2, -0.15) is 0 Å². The highest BCUT2D eigenvalue weighted by molar-refractivity contribution is 5.95. The van der Waals surface area contributed by atoms with Gasteiger partial charge in [-0.15, -0.1) is 13.2 Å². The predicted molar refractivity (Wildman–Crippen MR) is 69.2 cm³/mol. The number of ether oxygens (including phenoxy) is 1. The van der Waals surface area contributed by atoms with E-state index in [1.807, 2.05) is 6.92 Å². The molecule has 0 fully saturated rings. The van der Waals surface area contributed by atoms with Gasteiger partial charge in [0.25, 0.3) is 0 Å². The van der Waals surface area contributed by atoms with E-state index in [1.165, 1.54) is 12.1 Å². The highest BCUT2D eigenvalue weighted by Crippen LogP contribution is 2.27. The van der Waals surface area contributed by atoms with Gasteiger partial charge in [0.05, 0.1) is 5.41 Å². The van der Waals surface area contributed by atoms with Crippen LogP contribution < -0.4 is 15.8 Å². The monoisotopic (exact) mass is 290 g/mol. The van der Waals surface area contributed by atoms with Crippen molar-refractivity contribution < 1.29 is 22.7 Å². The summed E-state index contributed by atoms with van der Waals surface area (Å²) in [5, 5.41) is 2.54. The standard InChI is InChI=1S/C13H17F3N2O2/c1-3-12(2,8-17)11(19)18-9-5-4-6-10(7-9)20-13(14,15)16/h4-7H,3,8,17H2,1-2H3,(H,18,19). The summed E-state index contributed by atoms with van der Waals surface area (Å²) in [7, 11) is 0. The molecule has 0 bridgehead atoms. The molecule has 1 rings (SSSR count). The molecule has 1 aromatic carbocycles. The zero-order chi connectivity index (χ0) is 15.4. The van der Waals surface area contributed by atoms with Crippen molar-refractivity contribution in [1.82, 2.24) is 0 Å². The maximum absolute atomic E-state index is 12.1. The van der Waals surface area contributed by atoms with Crippen molar-refractivity contribution in [3.8, 4) is 5.75 Å². The molecule has 0 saturated carbocycles. The molecular weight excluding hydrogens is 273 g/mol. The van der Waals surface area contributed by atoms with E-state index in [0.29, 0.717) is 6.42 Å². The Morgan fingerprint density at radius 3 is 2.55 bits per heavy atom. The molecule has 0 aromatic heterocycles. The quantitative estimate of drug-likeness (QED) is 0.876. The highest BCUT2D eigenvalue weighted by Gasteiger charge is 2.32. The van der Waals surface area contributed by atoms with Crippen LogP contribution in [0.2, 0.25) is 0 Å². The number of anilines is 1. The molecule has 0 radical (unpaired) electrons. The first-order valence-electron chi connectivity index (χ1n) is 6.07. The van der Waals surface area contributed by atoms with Crippen LogP contribution in [0.3, 0.4) is 0 Å².